The van der Waals surface area contributed by atoms with Crippen LogP contribution in [0.25, 0.3) is 10.9 Å². The lowest BCUT2D eigenvalue weighted by atomic mass is 10.1. The zero-order valence-corrected chi connectivity index (χ0v) is 21.1. The summed E-state index contributed by atoms with van der Waals surface area (Å²) < 4.78 is 18.7. The Morgan fingerprint density at radius 2 is 2.00 bits per heavy atom. The van der Waals surface area contributed by atoms with E-state index in [0.29, 0.717) is 49.9 Å². The van der Waals surface area contributed by atoms with E-state index in [1.807, 2.05) is 36.4 Å². The number of ether oxygens (including phenoxy) is 2. The fourth-order valence-electron chi connectivity index (χ4n) is 4.72. The molecule has 0 saturated heterocycles. The minimum absolute atomic E-state index is 0.123. The number of aromatic amines is 1. The summed E-state index contributed by atoms with van der Waals surface area (Å²) in [6.07, 6.45) is 2.40. The second-order valence-electron chi connectivity index (χ2n) is 8.89. The molecule has 190 valence electrons. The third kappa shape index (κ3) is 4.87. The summed E-state index contributed by atoms with van der Waals surface area (Å²) in [5, 5.41) is 15.5. The highest BCUT2D eigenvalue weighted by molar-refractivity contribution is 7.09. The average Bonchev–Trinajstić information content (AvgIpc) is 3.69. The van der Waals surface area contributed by atoms with Gasteiger partial charge < -0.3 is 18.9 Å². The number of thiophene rings is 1. The lowest BCUT2D eigenvalue weighted by molar-refractivity contribution is 0.162. The lowest BCUT2D eigenvalue weighted by Crippen LogP contribution is -2.32. The molecule has 5 heterocycles. The van der Waals surface area contributed by atoms with Crippen molar-refractivity contribution in [1.82, 2.24) is 30.1 Å². The number of pyridine rings is 1. The third-order valence-electron chi connectivity index (χ3n) is 6.47. The highest BCUT2D eigenvalue weighted by Crippen LogP contribution is 2.34. The molecular formula is C26H26N6O4S. The first-order chi connectivity index (χ1) is 18.2. The number of nitrogens with one attached hydrogen (secondary N) is 1. The van der Waals surface area contributed by atoms with Gasteiger partial charge in [-0.2, -0.15) is 0 Å². The van der Waals surface area contributed by atoms with E-state index < -0.39 is 0 Å². The normalized spacial score (nSPS) is 13.9. The zero-order chi connectivity index (χ0) is 25.2. The minimum atomic E-state index is -0.134. The number of furan rings is 1. The fourth-order valence-corrected chi connectivity index (χ4v) is 5.45. The molecule has 37 heavy (non-hydrogen) atoms. The van der Waals surface area contributed by atoms with Gasteiger partial charge in [0.1, 0.15) is 25.5 Å². The average molecular weight is 519 g/mol. The van der Waals surface area contributed by atoms with E-state index in [4.69, 9.17) is 13.9 Å². The molecule has 0 bridgehead atoms. The molecule has 10 nitrogen and oxygen atoms in total. The Bertz CT molecular complexity index is 1540. The van der Waals surface area contributed by atoms with Gasteiger partial charge in [-0.25, -0.2) is 4.68 Å². The van der Waals surface area contributed by atoms with Gasteiger partial charge in [0.2, 0.25) is 0 Å². The highest BCUT2D eigenvalue weighted by Gasteiger charge is 2.27. The Kier molecular flexibility index (Phi) is 6.46. The van der Waals surface area contributed by atoms with Crippen molar-refractivity contribution in [3.05, 3.63) is 86.5 Å². The fraction of sp³-hybridized carbons (Fsp3) is 0.308. The maximum atomic E-state index is 13.2. The topological polar surface area (TPSA) is 111 Å². The summed E-state index contributed by atoms with van der Waals surface area (Å²) >= 11 is 1.69. The SMILES string of the molecule is CC[C@H](c1nnnn1Cc1ccco1)N(Cc1cccs1)Cc1cc2cc3c(cc2[nH]c1=O)OCCO3. The molecule has 0 saturated carbocycles. The number of hydrogen-bond donors (Lipinski definition) is 1. The van der Waals surface area contributed by atoms with Crippen molar-refractivity contribution >= 4 is 22.2 Å². The number of hydrogen-bond acceptors (Lipinski definition) is 9. The van der Waals surface area contributed by atoms with E-state index in [-0.39, 0.29) is 11.6 Å². The van der Waals surface area contributed by atoms with E-state index in [0.717, 1.165) is 28.9 Å². The smallest absolute Gasteiger partial charge is 0.252 e. The number of fused-ring (bicyclic) bond motifs is 2. The van der Waals surface area contributed by atoms with Crippen LogP contribution in [0.5, 0.6) is 11.5 Å². The lowest BCUT2D eigenvalue weighted by Gasteiger charge is -2.29. The zero-order valence-electron chi connectivity index (χ0n) is 20.3. The molecule has 0 radical (unpaired) electrons. The van der Waals surface area contributed by atoms with Crippen LogP contribution in [0, 0.1) is 0 Å². The molecule has 4 aromatic heterocycles. The van der Waals surface area contributed by atoms with E-state index in [9.17, 15) is 4.79 Å². The van der Waals surface area contributed by atoms with Crippen LogP contribution in [0.2, 0.25) is 0 Å². The molecular weight excluding hydrogens is 492 g/mol. The van der Waals surface area contributed by atoms with Gasteiger partial charge in [0.05, 0.1) is 17.8 Å². The summed E-state index contributed by atoms with van der Waals surface area (Å²) in [6.45, 7) is 4.62. The Morgan fingerprint density at radius 1 is 1.14 bits per heavy atom. The van der Waals surface area contributed by atoms with Crippen LogP contribution in [-0.2, 0) is 19.6 Å². The Labute approximate surface area is 216 Å². The first kappa shape index (κ1) is 23.4. The number of nitrogens with zero attached hydrogens (tertiary/aromatic N) is 5. The molecule has 5 aromatic rings. The van der Waals surface area contributed by atoms with Crippen LogP contribution >= 0.6 is 11.3 Å². The largest absolute Gasteiger partial charge is 0.486 e. The van der Waals surface area contributed by atoms with Crippen molar-refractivity contribution in [2.75, 3.05) is 13.2 Å². The second-order valence-corrected chi connectivity index (χ2v) is 9.92. The minimum Gasteiger partial charge on any atom is -0.486 e. The van der Waals surface area contributed by atoms with Gasteiger partial charge >= 0.3 is 0 Å². The molecule has 6 rings (SSSR count). The van der Waals surface area contributed by atoms with Gasteiger partial charge in [-0.15, -0.1) is 16.4 Å². The van der Waals surface area contributed by atoms with Crippen LogP contribution < -0.4 is 15.0 Å². The first-order valence-electron chi connectivity index (χ1n) is 12.2. The van der Waals surface area contributed by atoms with E-state index in [2.05, 4.69) is 43.8 Å². The standard InChI is InChI=1S/C26H26N6O4S/c1-2-22(25-28-29-30-32(25)15-19-5-3-7-34-19)31(16-20-6-4-10-37-20)14-18-11-17-12-23-24(36-9-8-35-23)13-21(17)27-26(18)33/h3-7,10-13,22H,2,8-9,14-16H2,1H3,(H,27,33)/t22-/m1/s1. The van der Waals surface area contributed by atoms with Crippen molar-refractivity contribution in [3.63, 3.8) is 0 Å². The molecule has 1 aromatic carbocycles. The molecule has 1 aliphatic rings. The van der Waals surface area contributed by atoms with Gasteiger partial charge in [0, 0.05) is 35.0 Å². The maximum Gasteiger partial charge on any atom is 0.252 e. The number of tetrazole rings is 1. The number of benzene rings is 1. The number of aromatic nitrogens is 5. The van der Waals surface area contributed by atoms with E-state index in [1.165, 1.54) is 4.88 Å². The van der Waals surface area contributed by atoms with Crippen molar-refractivity contribution in [3.8, 4) is 11.5 Å². The van der Waals surface area contributed by atoms with Crippen LogP contribution in [0.3, 0.4) is 0 Å². The third-order valence-corrected chi connectivity index (χ3v) is 7.33. The van der Waals surface area contributed by atoms with Gasteiger partial charge in [-0.1, -0.05) is 13.0 Å². The van der Waals surface area contributed by atoms with Crippen LogP contribution in [0.1, 0.15) is 41.4 Å². The summed E-state index contributed by atoms with van der Waals surface area (Å²) in [6, 6.07) is 13.5. The molecule has 1 N–H and O–H groups in total. The summed E-state index contributed by atoms with van der Waals surface area (Å²) in [4.78, 5) is 19.7. The molecule has 11 heteroatoms. The predicted molar refractivity (Wildman–Crippen MR) is 138 cm³/mol. The van der Waals surface area contributed by atoms with Crippen molar-refractivity contribution in [2.45, 2.75) is 39.0 Å². The first-order valence-corrected chi connectivity index (χ1v) is 13.1. The number of H-pyrrole nitrogens is 1. The Morgan fingerprint density at radius 3 is 2.76 bits per heavy atom. The Hall–Kier alpha value is -3.96. The second kappa shape index (κ2) is 10.2. The van der Waals surface area contributed by atoms with Crippen LogP contribution in [0.4, 0.5) is 0 Å². The molecule has 1 atom stereocenters. The Balaban J connectivity index is 1.36. The summed E-state index contributed by atoms with van der Waals surface area (Å²) in [5.41, 5.74) is 1.24. The van der Waals surface area contributed by atoms with Gasteiger partial charge in [0.25, 0.3) is 5.56 Å². The molecule has 1 aliphatic heterocycles. The van der Waals surface area contributed by atoms with Crippen LogP contribution in [0.15, 0.2) is 63.3 Å². The van der Waals surface area contributed by atoms with Gasteiger partial charge in [-0.05, 0) is 52.6 Å². The van der Waals surface area contributed by atoms with Crippen LogP contribution in [-0.4, -0.2) is 43.3 Å². The monoisotopic (exact) mass is 518 g/mol. The highest BCUT2D eigenvalue weighted by atomic mass is 32.1. The van der Waals surface area contributed by atoms with Gasteiger partial charge in [0.15, 0.2) is 17.3 Å². The van der Waals surface area contributed by atoms with Crippen molar-refractivity contribution in [2.24, 2.45) is 0 Å². The predicted octanol–water partition coefficient (Wildman–Crippen LogP) is 4.14. The van der Waals surface area contributed by atoms with E-state index in [1.54, 1.807) is 22.3 Å². The van der Waals surface area contributed by atoms with Gasteiger partial charge in [-0.3, -0.25) is 9.69 Å². The van der Waals surface area contributed by atoms with Crippen molar-refractivity contribution in [1.29, 1.82) is 0 Å². The summed E-state index contributed by atoms with van der Waals surface area (Å²) in [5.74, 6) is 2.84. The quantitative estimate of drug-likeness (QED) is 0.310. The van der Waals surface area contributed by atoms with Crippen molar-refractivity contribution < 1.29 is 13.9 Å². The molecule has 0 amide bonds. The molecule has 0 spiro atoms. The number of rotatable bonds is 9. The molecule has 0 aliphatic carbocycles. The maximum absolute atomic E-state index is 13.2. The van der Waals surface area contributed by atoms with E-state index >= 15 is 0 Å². The molecule has 0 fully saturated rings. The molecule has 0 unspecified atom stereocenters. The summed E-state index contributed by atoms with van der Waals surface area (Å²) in [7, 11) is 0.